The Balaban J connectivity index is 2.13. The minimum atomic E-state index is -1.30. The smallest absolute Gasteiger partial charge is 0.239 e. The van der Waals surface area contributed by atoms with Crippen molar-refractivity contribution in [1.82, 2.24) is 0 Å². The number of halogens is 1. The van der Waals surface area contributed by atoms with E-state index in [1.807, 2.05) is 19.9 Å². The van der Waals surface area contributed by atoms with E-state index in [2.05, 4.69) is 10.6 Å². The molecule has 0 fully saturated rings. The Morgan fingerprint density at radius 2 is 1.65 bits per heavy atom. The highest BCUT2D eigenvalue weighted by Gasteiger charge is 2.36. The van der Waals surface area contributed by atoms with Gasteiger partial charge in [0, 0.05) is 10.7 Å². The lowest BCUT2D eigenvalue weighted by molar-refractivity contribution is -0.135. The standard InChI is InChI=1S/C20H23ClN2O3/c1-13(2)26-17-11-6-5-10-16(17)23-19(25)20(3,4)18(24)22-15-9-7-8-14(21)12-15/h5-13H,1-4H3,(H,22,24)(H,23,25). The molecule has 2 amide bonds. The third kappa shape index (κ3) is 4.99. The minimum absolute atomic E-state index is 0.0350. The molecule has 0 atom stereocenters. The van der Waals surface area contributed by atoms with E-state index in [-0.39, 0.29) is 6.10 Å². The number of amides is 2. The Morgan fingerprint density at radius 1 is 1.00 bits per heavy atom. The van der Waals surface area contributed by atoms with Crippen LogP contribution >= 0.6 is 11.6 Å². The molecule has 2 aromatic rings. The second kappa shape index (κ2) is 8.23. The SMILES string of the molecule is CC(C)Oc1ccccc1NC(=O)C(C)(C)C(=O)Nc1cccc(Cl)c1. The summed E-state index contributed by atoms with van der Waals surface area (Å²) in [6.45, 7) is 6.93. The molecule has 0 saturated heterocycles. The highest BCUT2D eigenvalue weighted by Crippen LogP contribution is 2.28. The van der Waals surface area contributed by atoms with Gasteiger partial charge in [-0.25, -0.2) is 0 Å². The maximum Gasteiger partial charge on any atom is 0.239 e. The third-order valence-corrected chi connectivity index (χ3v) is 3.95. The van der Waals surface area contributed by atoms with E-state index < -0.39 is 17.2 Å². The monoisotopic (exact) mass is 374 g/mol. The number of nitrogens with one attached hydrogen (secondary N) is 2. The molecule has 5 nitrogen and oxygen atoms in total. The molecule has 0 aromatic heterocycles. The van der Waals surface area contributed by atoms with Gasteiger partial charge in [-0.2, -0.15) is 0 Å². The topological polar surface area (TPSA) is 67.4 Å². The van der Waals surface area contributed by atoms with E-state index in [0.29, 0.717) is 22.1 Å². The van der Waals surface area contributed by atoms with E-state index in [4.69, 9.17) is 16.3 Å². The van der Waals surface area contributed by atoms with E-state index in [0.717, 1.165) is 0 Å². The first kappa shape index (κ1) is 19.8. The molecule has 2 rings (SSSR count). The third-order valence-electron chi connectivity index (χ3n) is 3.72. The summed E-state index contributed by atoms with van der Waals surface area (Å²) in [5.41, 5.74) is -0.241. The quantitative estimate of drug-likeness (QED) is 0.718. The van der Waals surface area contributed by atoms with Gasteiger partial charge in [-0.1, -0.05) is 29.8 Å². The van der Waals surface area contributed by atoms with E-state index >= 15 is 0 Å². The van der Waals surface area contributed by atoms with Crippen molar-refractivity contribution < 1.29 is 14.3 Å². The first-order valence-corrected chi connectivity index (χ1v) is 8.72. The molecule has 138 valence electrons. The van der Waals surface area contributed by atoms with Crippen LogP contribution in [0.2, 0.25) is 5.02 Å². The second-order valence-corrected chi connectivity index (χ2v) is 7.14. The van der Waals surface area contributed by atoms with Crippen molar-refractivity contribution in [3.05, 3.63) is 53.6 Å². The number of carbonyl (C=O) groups is 2. The summed E-state index contributed by atoms with van der Waals surface area (Å²) in [6.07, 6.45) is -0.0350. The van der Waals surface area contributed by atoms with Crippen LogP contribution in [-0.4, -0.2) is 17.9 Å². The van der Waals surface area contributed by atoms with Crippen LogP contribution in [0, 0.1) is 5.41 Å². The molecule has 0 aliphatic rings. The van der Waals surface area contributed by atoms with Crippen molar-refractivity contribution in [2.75, 3.05) is 10.6 Å². The van der Waals surface area contributed by atoms with Gasteiger partial charge in [0.1, 0.15) is 11.2 Å². The van der Waals surface area contributed by atoms with Crippen molar-refractivity contribution in [2.24, 2.45) is 5.41 Å². The molecule has 0 bridgehead atoms. The molecular weight excluding hydrogens is 352 g/mol. The van der Waals surface area contributed by atoms with E-state index in [1.165, 1.54) is 0 Å². The average Bonchev–Trinajstić information content (AvgIpc) is 2.56. The average molecular weight is 375 g/mol. The van der Waals surface area contributed by atoms with Crippen LogP contribution in [0.3, 0.4) is 0 Å². The van der Waals surface area contributed by atoms with Gasteiger partial charge in [0.05, 0.1) is 11.8 Å². The number of ether oxygens (including phenoxy) is 1. The predicted molar refractivity (Wildman–Crippen MR) is 105 cm³/mol. The van der Waals surface area contributed by atoms with Crippen molar-refractivity contribution >= 4 is 34.8 Å². The summed E-state index contributed by atoms with van der Waals surface area (Å²) in [6, 6.07) is 13.9. The summed E-state index contributed by atoms with van der Waals surface area (Å²) in [5.74, 6) is -0.307. The zero-order valence-electron chi connectivity index (χ0n) is 15.3. The largest absolute Gasteiger partial charge is 0.489 e. The maximum atomic E-state index is 12.7. The number of rotatable bonds is 6. The number of anilines is 2. The lowest BCUT2D eigenvalue weighted by atomic mass is 9.90. The van der Waals surface area contributed by atoms with E-state index in [1.54, 1.807) is 56.3 Å². The summed E-state index contributed by atoms with van der Waals surface area (Å²) in [7, 11) is 0. The van der Waals surface area contributed by atoms with Crippen molar-refractivity contribution in [1.29, 1.82) is 0 Å². The molecule has 0 aliphatic carbocycles. The van der Waals surface area contributed by atoms with Crippen LogP contribution in [0.15, 0.2) is 48.5 Å². The summed E-state index contributed by atoms with van der Waals surface area (Å²) >= 11 is 5.93. The number of para-hydroxylation sites is 2. The highest BCUT2D eigenvalue weighted by atomic mass is 35.5. The number of hydrogen-bond donors (Lipinski definition) is 2. The van der Waals surface area contributed by atoms with Gasteiger partial charge in [-0.05, 0) is 58.0 Å². The Kier molecular flexibility index (Phi) is 6.27. The van der Waals surface area contributed by atoms with Crippen LogP contribution in [0.5, 0.6) is 5.75 Å². The minimum Gasteiger partial charge on any atom is -0.489 e. The first-order valence-electron chi connectivity index (χ1n) is 8.34. The van der Waals surface area contributed by atoms with Gasteiger partial charge in [-0.3, -0.25) is 9.59 Å². The summed E-state index contributed by atoms with van der Waals surface area (Å²) < 4.78 is 5.70. The fourth-order valence-electron chi connectivity index (χ4n) is 2.16. The molecule has 2 N–H and O–H groups in total. The van der Waals surface area contributed by atoms with Crippen LogP contribution < -0.4 is 15.4 Å². The Morgan fingerprint density at radius 3 is 2.31 bits per heavy atom. The second-order valence-electron chi connectivity index (χ2n) is 6.71. The van der Waals surface area contributed by atoms with Crippen molar-refractivity contribution in [3.8, 4) is 5.75 Å². The maximum absolute atomic E-state index is 12.7. The van der Waals surface area contributed by atoms with Crippen LogP contribution in [0.25, 0.3) is 0 Å². The van der Waals surface area contributed by atoms with Gasteiger partial charge in [0.25, 0.3) is 0 Å². The number of benzene rings is 2. The van der Waals surface area contributed by atoms with Gasteiger partial charge in [0.2, 0.25) is 11.8 Å². The molecule has 0 heterocycles. The Bertz CT molecular complexity index is 803. The summed E-state index contributed by atoms with van der Waals surface area (Å²) in [5, 5.41) is 6.01. The van der Waals surface area contributed by atoms with Gasteiger partial charge < -0.3 is 15.4 Å². The van der Waals surface area contributed by atoms with Gasteiger partial charge >= 0.3 is 0 Å². The van der Waals surface area contributed by atoms with Crippen molar-refractivity contribution in [3.63, 3.8) is 0 Å². The van der Waals surface area contributed by atoms with Crippen LogP contribution in [0.1, 0.15) is 27.7 Å². The number of hydrogen-bond acceptors (Lipinski definition) is 3. The molecule has 26 heavy (non-hydrogen) atoms. The molecule has 2 aromatic carbocycles. The Labute approximate surface area is 158 Å². The van der Waals surface area contributed by atoms with Gasteiger partial charge in [0.15, 0.2) is 0 Å². The van der Waals surface area contributed by atoms with Crippen LogP contribution in [-0.2, 0) is 9.59 Å². The lowest BCUT2D eigenvalue weighted by Gasteiger charge is -2.24. The molecule has 0 spiro atoms. The van der Waals surface area contributed by atoms with Crippen molar-refractivity contribution in [2.45, 2.75) is 33.8 Å². The van der Waals surface area contributed by atoms with Crippen LogP contribution in [0.4, 0.5) is 11.4 Å². The molecule has 0 unspecified atom stereocenters. The zero-order chi connectivity index (χ0) is 19.3. The normalized spacial score (nSPS) is 11.2. The molecule has 0 aliphatic heterocycles. The number of carbonyl (C=O) groups excluding carboxylic acids is 2. The van der Waals surface area contributed by atoms with E-state index in [9.17, 15) is 9.59 Å². The predicted octanol–water partition coefficient (Wildman–Crippen LogP) is 4.73. The first-order chi connectivity index (χ1) is 12.2. The molecule has 0 saturated carbocycles. The fourth-order valence-corrected chi connectivity index (χ4v) is 2.35. The zero-order valence-corrected chi connectivity index (χ0v) is 16.1. The molecule has 6 heteroatoms. The lowest BCUT2D eigenvalue weighted by Crippen LogP contribution is -2.41. The molecule has 0 radical (unpaired) electrons. The Hall–Kier alpha value is -2.53. The summed E-state index contributed by atoms with van der Waals surface area (Å²) in [4.78, 5) is 25.3. The molecular formula is C20H23ClN2O3. The van der Waals surface area contributed by atoms with Gasteiger partial charge in [-0.15, -0.1) is 0 Å². The highest BCUT2D eigenvalue weighted by molar-refractivity contribution is 6.31. The fraction of sp³-hybridized carbons (Fsp3) is 0.300.